The molecule has 1 N–H and O–H groups in total. The summed E-state index contributed by atoms with van der Waals surface area (Å²) in [5.74, 6) is 0.134. The molecule has 74 valence electrons. The second-order valence-corrected chi connectivity index (χ2v) is 3.40. The highest BCUT2D eigenvalue weighted by Crippen LogP contribution is 2.15. The first-order valence-corrected chi connectivity index (χ1v) is 4.73. The molecule has 3 amide bonds. The van der Waals surface area contributed by atoms with E-state index in [1.807, 2.05) is 13.8 Å². The van der Waals surface area contributed by atoms with Crippen molar-refractivity contribution in [2.75, 3.05) is 6.54 Å². The molecule has 0 aromatic carbocycles. The van der Waals surface area contributed by atoms with Crippen molar-refractivity contribution in [2.45, 2.75) is 33.2 Å². The first-order valence-electron chi connectivity index (χ1n) is 4.73. The highest BCUT2D eigenvalue weighted by molar-refractivity contribution is 6.04. The van der Waals surface area contributed by atoms with Gasteiger partial charge in [-0.05, 0) is 12.8 Å². The molecular weight excluding hydrogens is 168 g/mol. The smallest absolute Gasteiger partial charge is 0.324 e. The maximum absolute atomic E-state index is 11.6. The highest BCUT2D eigenvalue weighted by atomic mass is 16.2. The molecule has 0 aromatic heterocycles. The molecule has 0 radical (unpaired) electrons. The molecule has 0 saturated carbocycles. The molecule has 4 heteroatoms. The van der Waals surface area contributed by atoms with Crippen LogP contribution in [0.5, 0.6) is 0 Å². The number of nitrogens with one attached hydrogen (secondary N) is 1. The Balaban J connectivity index is 2.72. The lowest BCUT2D eigenvalue weighted by Gasteiger charge is -2.14. The lowest BCUT2D eigenvalue weighted by molar-refractivity contribution is -0.128. The van der Waals surface area contributed by atoms with E-state index in [0.717, 1.165) is 6.42 Å². The molecule has 1 heterocycles. The van der Waals surface area contributed by atoms with Crippen molar-refractivity contribution in [3.63, 3.8) is 0 Å². The van der Waals surface area contributed by atoms with Gasteiger partial charge in [0.15, 0.2) is 0 Å². The molecule has 0 aromatic rings. The van der Waals surface area contributed by atoms with Gasteiger partial charge in [0.2, 0.25) is 0 Å². The topological polar surface area (TPSA) is 49.4 Å². The number of urea groups is 1. The summed E-state index contributed by atoms with van der Waals surface area (Å²) in [4.78, 5) is 24.1. The van der Waals surface area contributed by atoms with Crippen LogP contribution in [0.3, 0.4) is 0 Å². The number of likely N-dealkylation sites (N-methyl/N-ethyl adjacent to an activating group) is 1. The molecule has 1 fully saturated rings. The normalized spacial score (nSPS) is 24.8. The van der Waals surface area contributed by atoms with E-state index in [-0.39, 0.29) is 23.9 Å². The minimum absolute atomic E-state index is 0.0816. The zero-order valence-corrected chi connectivity index (χ0v) is 8.33. The van der Waals surface area contributed by atoms with Crippen LogP contribution in [0.15, 0.2) is 0 Å². The fourth-order valence-electron chi connectivity index (χ4n) is 1.46. The third-order valence-corrected chi connectivity index (χ3v) is 2.59. The van der Waals surface area contributed by atoms with Crippen molar-refractivity contribution in [3.05, 3.63) is 0 Å². The van der Waals surface area contributed by atoms with Gasteiger partial charge in [0.1, 0.15) is 6.04 Å². The molecule has 0 aliphatic carbocycles. The summed E-state index contributed by atoms with van der Waals surface area (Å²) in [6, 6.07) is -0.560. The van der Waals surface area contributed by atoms with Gasteiger partial charge in [-0.2, -0.15) is 0 Å². The Hall–Kier alpha value is -1.06. The molecule has 1 aliphatic heterocycles. The van der Waals surface area contributed by atoms with Crippen LogP contribution in [0.2, 0.25) is 0 Å². The molecule has 13 heavy (non-hydrogen) atoms. The van der Waals surface area contributed by atoms with Gasteiger partial charge in [-0.15, -0.1) is 0 Å². The second kappa shape index (κ2) is 3.77. The minimum Gasteiger partial charge on any atom is -0.326 e. The predicted octanol–water partition coefficient (Wildman–Crippen LogP) is 0.973. The zero-order valence-electron chi connectivity index (χ0n) is 8.33. The number of carbonyl (C=O) groups excluding carboxylic acids is 2. The molecule has 2 atom stereocenters. The molecule has 0 bridgehead atoms. The third-order valence-electron chi connectivity index (χ3n) is 2.59. The molecule has 0 spiro atoms. The van der Waals surface area contributed by atoms with E-state index >= 15 is 0 Å². The van der Waals surface area contributed by atoms with Crippen LogP contribution >= 0.6 is 0 Å². The predicted molar refractivity (Wildman–Crippen MR) is 49.2 cm³/mol. The van der Waals surface area contributed by atoms with Crippen LogP contribution in [0.4, 0.5) is 4.79 Å². The Morgan fingerprint density at radius 1 is 1.46 bits per heavy atom. The minimum atomic E-state index is -0.308. The van der Waals surface area contributed by atoms with Crippen molar-refractivity contribution in [2.24, 2.45) is 5.92 Å². The summed E-state index contributed by atoms with van der Waals surface area (Å²) in [6.07, 6.45) is 0.897. The largest absolute Gasteiger partial charge is 0.326 e. The summed E-state index contributed by atoms with van der Waals surface area (Å²) >= 11 is 0. The number of rotatable bonds is 3. The van der Waals surface area contributed by atoms with Crippen LogP contribution in [-0.4, -0.2) is 29.4 Å². The summed E-state index contributed by atoms with van der Waals surface area (Å²) in [5.41, 5.74) is 0. The molecular formula is C9H16N2O2. The maximum Gasteiger partial charge on any atom is 0.324 e. The van der Waals surface area contributed by atoms with Gasteiger partial charge in [0, 0.05) is 6.54 Å². The van der Waals surface area contributed by atoms with E-state index in [9.17, 15) is 9.59 Å². The SMILES string of the molecule is CC[C@H](C)[C@@H]1NC(=O)N(CC)C1=O. The summed E-state index contributed by atoms with van der Waals surface area (Å²) < 4.78 is 0. The quantitative estimate of drug-likeness (QED) is 0.664. The average molecular weight is 184 g/mol. The Labute approximate surface area is 78.3 Å². The van der Waals surface area contributed by atoms with Crippen molar-refractivity contribution >= 4 is 11.9 Å². The van der Waals surface area contributed by atoms with Crippen LogP contribution in [0.1, 0.15) is 27.2 Å². The number of hydrogen-bond acceptors (Lipinski definition) is 2. The van der Waals surface area contributed by atoms with Gasteiger partial charge >= 0.3 is 6.03 Å². The second-order valence-electron chi connectivity index (χ2n) is 3.40. The Morgan fingerprint density at radius 2 is 2.08 bits per heavy atom. The van der Waals surface area contributed by atoms with Crippen molar-refractivity contribution in [1.82, 2.24) is 10.2 Å². The molecule has 1 rings (SSSR count). The van der Waals surface area contributed by atoms with Crippen LogP contribution in [-0.2, 0) is 4.79 Å². The highest BCUT2D eigenvalue weighted by Gasteiger charge is 2.39. The summed E-state index contributed by atoms with van der Waals surface area (Å²) in [5, 5.41) is 2.69. The van der Waals surface area contributed by atoms with E-state index in [0.29, 0.717) is 6.54 Å². The fraction of sp³-hybridized carbons (Fsp3) is 0.778. The molecule has 0 unspecified atom stereocenters. The summed E-state index contributed by atoms with van der Waals surface area (Å²) in [7, 11) is 0. The Kier molecular flexibility index (Phi) is 2.90. The molecule has 4 nitrogen and oxygen atoms in total. The molecule has 1 aliphatic rings. The number of nitrogens with zero attached hydrogens (tertiary/aromatic N) is 1. The van der Waals surface area contributed by atoms with E-state index in [4.69, 9.17) is 0 Å². The van der Waals surface area contributed by atoms with Gasteiger partial charge in [0.05, 0.1) is 0 Å². The number of imide groups is 1. The van der Waals surface area contributed by atoms with Gasteiger partial charge in [-0.25, -0.2) is 4.79 Å². The van der Waals surface area contributed by atoms with Crippen molar-refractivity contribution < 1.29 is 9.59 Å². The standard InChI is InChI=1S/C9H16N2O2/c1-4-6(3)7-8(12)11(5-2)9(13)10-7/h6-7H,4-5H2,1-3H3,(H,10,13)/t6-,7-/m0/s1. The van der Waals surface area contributed by atoms with E-state index < -0.39 is 0 Å². The number of amides is 3. The molecule has 1 saturated heterocycles. The maximum atomic E-state index is 11.6. The lowest BCUT2D eigenvalue weighted by atomic mass is 9.99. The zero-order chi connectivity index (χ0) is 10.0. The number of hydrogen-bond donors (Lipinski definition) is 1. The fourth-order valence-corrected chi connectivity index (χ4v) is 1.46. The van der Waals surface area contributed by atoms with Crippen LogP contribution < -0.4 is 5.32 Å². The van der Waals surface area contributed by atoms with E-state index in [1.54, 1.807) is 6.92 Å². The van der Waals surface area contributed by atoms with Crippen molar-refractivity contribution in [3.8, 4) is 0 Å². The summed E-state index contributed by atoms with van der Waals surface area (Å²) in [6.45, 7) is 6.24. The average Bonchev–Trinajstić information content (AvgIpc) is 2.40. The van der Waals surface area contributed by atoms with Gasteiger partial charge in [-0.1, -0.05) is 20.3 Å². The number of carbonyl (C=O) groups is 2. The van der Waals surface area contributed by atoms with Crippen LogP contribution in [0.25, 0.3) is 0 Å². The Bertz CT molecular complexity index is 228. The van der Waals surface area contributed by atoms with E-state index in [2.05, 4.69) is 5.32 Å². The van der Waals surface area contributed by atoms with Gasteiger partial charge in [0.25, 0.3) is 5.91 Å². The third kappa shape index (κ3) is 1.66. The Morgan fingerprint density at radius 3 is 2.46 bits per heavy atom. The van der Waals surface area contributed by atoms with Crippen LogP contribution in [0, 0.1) is 5.92 Å². The first kappa shape index (κ1) is 10.0. The lowest BCUT2D eigenvalue weighted by Crippen LogP contribution is -2.35. The first-order chi connectivity index (χ1) is 6.11. The monoisotopic (exact) mass is 184 g/mol. The van der Waals surface area contributed by atoms with Crippen molar-refractivity contribution in [1.29, 1.82) is 0 Å². The van der Waals surface area contributed by atoms with Gasteiger partial charge < -0.3 is 5.32 Å². The van der Waals surface area contributed by atoms with Gasteiger partial charge in [-0.3, -0.25) is 9.69 Å². The van der Waals surface area contributed by atoms with E-state index in [1.165, 1.54) is 4.90 Å².